The number of carbonyl (C=O) groups is 1. The number of ether oxygens (including phenoxy) is 2. The first-order valence-corrected chi connectivity index (χ1v) is 16.8. The summed E-state index contributed by atoms with van der Waals surface area (Å²) in [4.78, 5) is 12.4. The summed E-state index contributed by atoms with van der Waals surface area (Å²) in [7, 11) is -0.851. The molecule has 0 radical (unpaired) electrons. The van der Waals surface area contributed by atoms with Crippen molar-refractivity contribution in [2.24, 2.45) is 0 Å². The molecule has 1 unspecified atom stereocenters. The molecule has 0 aliphatic carbocycles. The zero-order valence-corrected chi connectivity index (χ0v) is 26.3. The van der Waals surface area contributed by atoms with E-state index in [4.69, 9.17) is 13.9 Å². The first-order valence-electron chi connectivity index (χ1n) is 14.9. The lowest BCUT2D eigenvalue weighted by molar-refractivity contribution is -0.127. The van der Waals surface area contributed by atoms with Crippen LogP contribution in [0.3, 0.4) is 0 Å². The molecule has 6 heteroatoms. The molecule has 3 rings (SSSR count). The van der Waals surface area contributed by atoms with Crippen molar-refractivity contribution in [3.8, 4) is 5.75 Å². The highest BCUT2D eigenvalue weighted by molar-refractivity contribution is 6.99. The minimum Gasteiger partial charge on any atom is -0.497 e. The van der Waals surface area contributed by atoms with Gasteiger partial charge in [-0.05, 0) is 58.8 Å². The number of aliphatic hydroxyl groups is 1. The lowest BCUT2D eigenvalue weighted by Crippen LogP contribution is -2.66. The van der Waals surface area contributed by atoms with Crippen molar-refractivity contribution in [3.05, 3.63) is 90.5 Å². The van der Waals surface area contributed by atoms with Crippen LogP contribution in [0.15, 0.2) is 84.9 Å². The lowest BCUT2D eigenvalue weighted by Gasteiger charge is -2.43. The van der Waals surface area contributed by atoms with Gasteiger partial charge in [0.25, 0.3) is 8.32 Å². The summed E-state index contributed by atoms with van der Waals surface area (Å²) in [5.74, 6) is 0.753. The second kappa shape index (κ2) is 16.6. The normalized spacial score (nSPS) is 12.7. The molecule has 3 aromatic rings. The molecule has 222 valence electrons. The molecule has 0 heterocycles. The SMILES string of the molecule is COc1ccc(COCCCC(O)C(=O)CCCCCCO[Si](c2ccccc2)(c2ccccc2)C(C)(C)C)cc1. The van der Waals surface area contributed by atoms with Gasteiger partial charge >= 0.3 is 0 Å². The van der Waals surface area contributed by atoms with Crippen molar-refractivity contribution in [2.75, 3.05) is 20.3 Å². The molecule has 0 saturated carbocycles. The Hall–Kier alpha value is -2.77. The fourth-order valence-electron chi connectivity index (χ4n) is 5.36. The van der Waals surface area contributed by atoms with Crippen LogP contribution in [-0.2, 0) is 20.6 Å². The third kappa shape index (κ3) is 9.64. The molecule has 1 atom stereocenters. The van der Waals surface area contributed by atoms with Gasteiger partial charge in [-0.25, -0.2) is 0 Å². The summed E-state index contributed by atoms with van der Waals surface area (Å²) in [6, 6.07) is 29.2. The largest absolute Gasteiger partial charge is 0.497 e. The molecule has 0 saturated heterocycles. The van der Waals surface area contributed by atoms with Crippen molar-refractivity contribution in [2.45, 2.75) is 83.5 Å². The first-order chi connectivity index (χ1) is 19.8. The third-order valence-corrected chi connectivity index (χ3v) is 12.7. The van der Waals surface area contributed by atoms with E-state index >= 15 is 0 Å². The number of methoxy groups -OCH3 is 1. The predicted molar refractivity (Wildman–Crippen MR) is 170 cm³/mol. The molecule has 41 heavy (non-hydrogen) atoms. The standard InChI is InChI=1S/C35H48O5Si/c1-35(2,3)41(31-16-9-7-10-17-31,32-18-11-8-12-19-32)40-27-14-6-5-13-20-33(36)34(37)21-15-26-39-28-29-22-24-30(38-4)25-23-29/h7-12,16-19,22-25,34,37H,5-6,13-15,20-21,26-28H2,1-4H3. The van der Waals surface area contributed by atoms with Crippen LogP contribution in [0, 0.1) is 0 Å². The molecule has 5 nitrogen and oxygen atoms in total. The van der Waals surface area contributed by atoms with Gasteiger partial charge in [-0.1, -0.05) is 106 Å². The molecule has 0 amide bonds. The number of unbranched alkanes of at least 4 members (excludes halogenated alkanes) is 3. The van der Waals surface area contributed by atoms with Crippen LogP contribution >= 0.6 is 0 Å². The zero-order valence-electron chi connectivity index (χ0n) is 25.3. The summed E-state index contributed by atoms with van der Waals surface area (Å²) in [6.07, 6.45) is 4.31. The summed E-state index contributed by atoms with van der Waals surface area (Å²) >= 11 is 0. The second-order valence-electron chi connectivity index (χ2n) is 11.7. The minimum absolute atomic E-state index is 0.0288. The molecule has 0 aromatic heterocycles. The Bertz CT molecular complexity index is 1100. The smallest absolute Gasteiger partial charge is 0.261 e. The molecule has 0 fully saturated rings. The van der Waals surface area contributed by atoms with Crippen LogP contribution in [0.4, 0.5) is 0 Å². The molecular formula is C35H48O5Si. The van der Waals surface area contributed by atoms with Gasteiger partial charge in [0.1, 0.15) is 11.9 Å². The van der Waals surface area contributed by atoms with Gasteiger partial charge in [-0.2, -0.15) is 0 Å². The highest BCUT2D eigenvalue weighted by Gasteiger charge is 2.49. The molecule has 0 bridgehead atoms. The van der Waals surface area contributed by atoms with Gasteiger partial charge in [0.15, 0.2) is 5.78 Å². The number of hydrogen-bond acceptors (Lipinski definition) is 5. The summed E-state index contributed by atoms with van der Waals surface area (Å²) < 4.78 is 17.8. The van der Waals surface area contributed by atoms with Crippen LogP contribution in [0.5, 0.6) is 5.75 Å². The van der Waals surface area contributed by atoms with Crippen LogP contribution in [0.25, 0.3) is 0 Å². The van der Waals surface area contributed by atoms with Crippen molar-refractivity contribution in [1.82, 2.24) is 0 Å². The fraction of sp³-hybridized carbons (Fsp3) is 0.457. The second-order valence-corrected chi connectivity index (χ2v) is 16.0. The lowest BCUT2D eigenvalue weighted by atomic mass is 10.0. The topological polar surface area (TPSA) is 65.0 Å². The molecule has 0 aliphatic heterocycles. The molecule has 0 aliphatic rings. The van der Waals surface area contributed by atoms with Gasteiger partial charge in [0.05, 0.1) is 13.7 Å². The Kier molecular flexibility index (Phi) is 13.3. The van der Waals surface area contributed by atoms with E-state index in [-0.39, 0.29) is 10.8 Å². The Morgan fingerprint density at radius 1 is 0.780 bits per heavy atom. The minimum atomic E-state index is -2.50. The summed E-state index contributed by atoms with van der Waals surface area (Å²) in [5.41, 5.74) is 1.07. The highest BCUT2D eigenvalue weighted by atomic mass is 28.4. The highest BCUT2D eigenvalue weighted by Crippen LogP contribution is 2.36. The van der Waals surface area contributed by atoms with Crippen LogP contribution in [0.2, 0.25) is 5.04 Å². The Balaban J connectivity index is 1.36. The van der Waals surface area contributed by atoms with E-state index in [0.717, 1.165) is 37.0 Å². The van der Waals surface area contributed by atoms with Crippen molar-refractivity contribution in [3.63, 3.8) is 0 Å². The van der Waals surface area contributed by atoms with E-state index in [0.29, 0.717) is 39.1 Å². The number of Topliss-reactive ketones (excluding diaryl/α,β-unsaturated/α-hetero) is 1. The number of aliphatic hydroxyl groups excluding tert-OH is 1. The molecular weight excluding hydrogens is 528 g/mol. The van der Waals surface area contributed by atoms with Crippen LogP contribution in [-0.4, -0.2) is 45.6 Å². The average Bonchev–Trinajstić information content (AvgIpc) is 2.98. The number of ketones is 1. The maximum Gasteiger partial charge on any atom is 0.261 e. The number of rotatable bonds is 18. The Morgan fingerprint density at radius 3 is 1.93 bits per heavy atom. The maximum atomic E-state index is 12.4. The average molecular weight is 577 g/mol. The van der Waals surface area contributed by atoms with Gasteiger partial charge < -0.3 is 19.0 Å². The van der Waals surface area contributed by atoms with Crippen molar-refractivity contribution >= 4 is 24.5 Å². The molecule has 0 spiro atoms. The van der Waals surface area contributed by atoms with E-state index < -0.39 is 14.4 Å². The van der Waals surface area contributed by atoms with E-state index in [2.05, 4.69) is 81.4 Å². The predicted octanol–water partition coefficient (Wildman–Crippen LogP) is 6.45. The van der Waals surface area contributed by atoms with Gasteiger partial charge in [-0.15, -0.1) is 0 Å². The van der Waals surface area contributed by atoms with Crippen molar-refractivity contribution in [1.29, 1.82) is 0 Å². The summed E-state index contributed by atoms with van der Waals surface area (Å²) in [5, 5.41) is 12.8. The Labute approximate surface area is 248 Å². The summed E-state index contributed by atoms with van der Waals surface area (Å²) in [6.45, 7) is 8.60. The van der Waals surface area contributed by atoms with Gasteiger partial charge in [-0.3, -0.25) is 4.79 Å². The fourth-order valence-corrected chi connectivity index (χ4v) is 9.97. The first kappa shape index (κ1) is 32.7. The van der Waals surface area contributed by atoms with Crippen molar-refractivity contribution < 1.29 is 23.8 Å². The van der Waals surface area contributed by atoms with E-state index in [9.17, 15) is 9.90 Å². The number of hydrogen-bond donors (Lipinski definition) is 1. The Morgan fingerprint density at radius 2 is 1.37 bits per heavy atom. The molecule has 1 N–H and O–H groups in total. The van der Waals surface area contributed by atoms with Crippen LogP contribution in [0.1, 0.15) is 71.3 Å². The van der Waals surface area contributed by atoms with E-state index in [1.54, 1.807) is 7.11 Å². The monoisotopic (exact) mass is 576 g/mol. The molecule has 3 aromatic carbocycles. The van der Waals surface area contributed by atoms with Crippen LogP contribution < -0.4 is 15.1 Å². The number of benzene rings is 3. The third-order valence-electron chi connectivity index (χ3n) is 7.62. The van der Waals surface area contributed by atoms with Gasteiger partial charge in [0.2, 0.25) is 0 Å². The zero-order chi connectivity index (χ0) is 29.6. The quantitative estimate of drug-likeness (QED) is 0.139. The van der Waals surface area contributed by atoms with E-state index in [1.807, 2.05) is 24.3 Å². The van der Waals surface area contributed by atoms with E-state index in [1.165, 1.54) is 10.4 Å². The maximum absolute atomic E-state index is 12.4. The number of carbonyl (C=O) groups excluding carboxylic acids is 1. The van der Waals surface area contributed by atoms with Gasteiger partial charge in [0, 0.05) is 19.6 Å².